The third kappa shape index (κ3) is 5.72. The molecule has 0 spiro atoms. The van der Waals surface area contributed by atoms with Gasteiger partial charge in [-0.15, -0.1) is 0 Å². The molecule has 0 aliphatic carbocycles. The Bertz CT molecular complexity index is 963. The molecular weight excluding hydrogens is 392 g/mol. The molecule has 1 fully saturated rings. The molecule has 3 rings (SSSR count). The van der Waals surface area contributed by atoms with Gasteiger partial charge in [0.2, 0.25) is 10.0 Å². The van der Waals surface area contributed by atoms with E-state index in [2.05, 4.69) is 10.0 Å². The number of ketones is 1. The molecule has 1 aliphatic heterocycles. The van der Waals surface area contributed by atoms with Crippen LogP contribution in [0.2, 0.25) is 0 Å². The molecular formula is C21H24N2O5S. The molecule has 8 heteroatoms. The topological polar surface area (TPSA) is 102 Å². The number of nitrogens with one attached hydrogen (secondary N) is 2. The fourth-order valence-corrected chi connectivity index (χ4v) is 4.01. The number of sulfonamides is 1. The first-order valence-electron chi connectivity index (χ1n) is 9.41. The van der Waals surface area contributed by atoms with Gasteiger partial charge in [-0.25, -0.2) is 13.1 Å². The van der Waals surface area contributed by atoms with E-state index in [1.165, 1.54) is 31.2 Å². The zero-order valence-corrected chi connectivity index (χ0v) is 17.0. The lowest BCUT2D eigenvalue weighted by molar-refractivity contribution is 0.0944. The normalized spacial score (nSPS) is 16.5. The Labute approximate surface area is 170 Å². The summed E-state index contributed by atoms with van der Waals surface area (Å²) in [5, 5.41) is 2.90. The highest BCUT2D eigenvalue weighted by atomic mass is 32.2. The van der Waals surface area contributed by atoms with Crippen LogP contribution in [0.1, 0.15) is 39.6 Å². The molecule has 2 aromatic carbocycles. The van der Waals surface area contributed by atoms with E-state index >= 15 is 0 Å². The number of hydrogen-bond acceptors (Lipinski definition) is 5. The van der Waals surface area contributed by atoms with Crippen molar-refractivity contribution in [3.8, 4) is 0 Å². The van der Waals surface area contributed by atoms with Crippen LogP contribution < -0.4 is 10.0 Å². The molecule has 154 valence electrons. The van der Waals surface area contributed by atoms with Gasteiger partial charge in [0.1, 0.15) is 0 Å². The molecule has 1 saturated heterocycles. The maximum atomic E-state index is 12.4. The van der Waals surface area contributed by atoms with Gasteiger partial charge in [0.15, 0.2) is 5.78 Å². The highest BCUT2D eigenvalue weighted by Crippen LogP contribution is 2.13. The first-order chi connectivity index (χ1) is 13.8. The van der Waals surface area contributed by atoms with Crippen molar-refractivity contribution in [2.45, 2.75) is 24.8 Å². The average molecular weight is 416 g/mol. The molecule has 0 radical (unpaired) electrons. The summed E-state index contributed by atoms with van der Waals surface area (Å²) in [4.78, 5) is 23.6. The van der Waals surface area contributed by atoms with Gasteiger partial charge in [0, 0.05) is 36.7 Å². The third-order valence-corrected chi connectivity index (χ3v) is 6.25. The molecule has 2 N–H and O–H groups in total. The molecule has 0 aromatic heterocycles. The van der Waals surface area contributed by atoms with Gasteiger partial charge in [-0.2, -0.15) is 0 Å². The third-order valence-electron chi connectivity index (χ3n) is 4.83. The lowest BCUT2D eigenvalue weighted by atomic mass is 10.1. The van der Waals surface area contributed by atoms with Crippen LogP contribution in [-0.2, 0) is 21.3 Å². The number of carbonyl (C=O) groups is 2. The van der Waals surface area contributed by atoms with E-state index in [4.69, 9.17) is 4.74 Å². The molecule has 1 aliphatic rings. The van der Waals surface area contributed by atoms with Crippen LogP contribution in [0.15, 0.2) is 53.4 Å². The van der Waals surface area contributed by atoms with Gasteiger partial charge < -0.3 is 10.1 Å². The Morgan fingerprint density at radius 1 is 1.03 bits per heavy atom. The van der Waals surface area contributed by atoms with Gasteiger partial charge in [0.25, 0.3) is 5.91 Å². The Morgan fingerprint density at radius 3 is 2.28 bits per heavy atom. The zero-order valence-electron chi connectivity index (χ0n) is 16.2. The minimum atomic E-state index is -3.70. The smallest absolute Gasteiger partial charge is 0.251 e. The largest absolute Gasteiger partial charge is 0.381 e. The highest BCUT2D eigenvalue weighted by molar-refractivity contribution is 7.89. The number of amides is 1. The molecule has 1 unspecified atom stereocenters. The maximum absolute atomic E-state index is 12.4. The summed E-state index contributed by atoms with van der Waals surface area (Å²) in [5.41, 5.74) is 1.71. The van der Waals surface area contributed by atoms with Crippen molar-refractivity contribution in [1.82, 2.24) is 10.0 Å². The molecule has 0 saturated carbocycles. The highest BCUT2D eigenvalue weighted by Gasteiger charge is 2.17. The van der Waals surface area contributed by atoms with Crippen LogP contribution in [0.4, 0.5) is 0 Å². The van der Waals surface area contributed by atoms with Crippen molar-refractivity contribution in [3.05, 3.63) is 65.2 Å². The van der Waals surface area contributed by atoms with E-state index < -0.39 is 10.0 Å². The second-order valence-electron chi connectivity index (χ2n) is 7.04. The van der Waals surface area contributed by atoms with Crippen LogP contribution in [-0.4, -0.2) is 39.9 Å². The van der Waals surface area contributed by atoms with Crippen LogP contribution >= 0.6 is 0 Å². The minimum absolute atomic E-state index is 0.0920. The first-order valence-corrected chi connectivity index (χ1v) is 10.9. The molecule has 0 bridgehead atoms. The Balaban J connectivity index is 1.54. The number of benzene rings is 2. The van der Waals surface area contributed by atoms with E-state index in [-0.39, 0.29) is 23.1 Å². The Kier molecular flexibility index (Phi) is 6.79. The van der Waals surface area contributed by atoms with Gasteiger partial charge in [-0.1, -0.05) is 24.3 Å². The summed E-state index contributed by atoms with van der Waals surface area (Å²) in [6, 6.07) is 12.6. The Hall–Kier alpha value is -2.55. The summed E-state index contributed by atoms with van der Waals surface area (Å²) < 4.78 is 32.6. The van der Waals surface area contributed by atoms with Crippen LogP contribution in [0.5, 0.6) is 0 Å². The van der Waals surface area contributed by atoms with Crippen molar-refractivity contribution in [2.24, 2.45) is 5.92 Å². The Morgan fingerprint density at radius 2 is 1.69 bits per heavy atom. The number of ether oxygens (including phenoxy) is 1. The molecule has 1 heterocycles. The number of carbonyl (C=O) groups excluding carboxylic acids is 2. The number of Topliss-reactive ketones (excluding diaryl/α,β-unsaturated/α-hetero) is 1. The van der Waals surface area contributed by atoms with Crippen molar-refractivity contribution in [3.63, 3.8) is 0 Å². The molecule has 2 aromatic rings. The monoisotopic (exact) mass is 416 g/mol. The van der Waals surface area contributed by atoms with Crippen LogP contribution in [0.3, 0.4) is 0 Å². The summed E-state index contributed by atoms with van der Waals surface area (Å²) in [5.74, 6) is 0.0781. The van der Waals surface area contributed by atoms with Gasteiger partial charge in [0.05, 0.1) is 11.5 Å². The lowest BCUT2D eigenvalue weighted by Crippen LogP contribution is -2.29. The summed E-state index contributed by atoms with van der Waals surface area (Å²) in [6.07, 6.45) is 0.955. The van der Waals surface area contributed by atoms with Crippen molar-refractivity contribution >= 4 is 21.7 Å². The second kappa shape index (κ2) is 9.30. The van der Waals surface area contributed by atoms with E-state index in [0.29, 0.717) is 30.2 Å². The van der Waals surface area contributed by atoms with E-state index in [9.17, 15) is 18.0 Å². The number of hydrogen-bond donors (Lipinski definition) is 2. The quantitative estimate of drug-likeness (QED) is 0.642. The predicted octanol–water partition coefficient (Wildman–Crippen LogP) is 2.13. The summed E-state index contributed by atoms with van der Waals surface area (Å²) in [6.45, 7) is 3.53. The fraction of sp³-hybridized carbons (Fsp3) is 0.333. The van der Waals surface area contributed by atoms with Crippen molar-refractivity contribution in [2.75, 3.05) is 19.8 Å². The molecule has 7 nitrogen and oxygen atoms in total. The van der Waals surface area contributed by atoms with Gasteiger partial charge in [-0.3, -0.25) is 9.59 Å². The minimum Gasteiger partial charge on any atom is -0.381 e. The SMILES string of the molecule is CC(=O)c1ccc(S(=O)(=O)NCc2ccc(C(=O)NCC3CCOC3)cc2)cc1. The van der Waals surface area contributed by atoms with Crippen molar-refractivity contribution in [1.29, 1.82) is 0 Å². The van der Waals surface area contributed by atoms with Gasteiger partial charge >= 0.3 is 0 Å². The van der Waals surface area contributed by atoms with E-state index in [1.807, 2.05) is 0 Å². The predicted molar refractivity (Wildman–Crippen MR) is 108 cm³/mol. The first kappa shape index (κ1) is 21.2. The lowest BCUT2D eigenvalue weighted by Gasteiger charge is -2.10. The summed E-state index contributed by atoms with van der Waals surface area (Å²) >= 11 is 0. The van der Waals surface area contributed by atoms with E-state index in [0.717, 1.165) is 18.6 Å². The van der Waals surface area contributed by atoms with Crippen molar-refractivity contribution < 1.29 is 22.7 Å². The number of rotatable bonds is 8. The maximum Gasteiger partial charge on any atom is 0.251 e. The second-order valence-corrected chi connectivity index (χ2v) is 8.81. The van der Waals surface area contributed by atoms with Gasteiger partial charge in [-0.05, 0) is 43.2 Å². The fourth-order valence-electron chi connectivity index (χ4n) is 2.99. The zero-order chi connectivity index (χ0) is 20.9. The standard InChI is InChI=1S/C21H24N2O5S/c1-15(24)18-6-8-20(9-7-18)29(26,27)23-13-16-2-4-19(5-3-16)21(25)22-12-17-10-11-28-14-17/h2-9,17,23H,10-14H2,1H3,(H,22,25). The molecule has 1 atom stereocenters. The van der Waals surface area contributed by atoms with Crippen LogP contribution in [0, 0.1) is 5.92 Å². The summed E-state index contributed by atoms with van der Waals surface area (Å²) in [7, 11) is -3.70. The molecule has 29 heavy (non-hydrogen) atoms. The molecule has 1 amide bonds. The average Bonchev–Trinajstić information content (AvgIpc) is 3.25. The van der Waals surface area contributed by atoms with E-state index in [1.54, 1.807) is 24.3 Å². The van der Waals surface area contributed by atoms with Crippen LogP contribution in [0.25, 0.3) is 0 Å².